The van der Waals surface area contributed by atoms with Crippen LogP contribution < -0.4 is 10.6 Å². The van der Waals surface area contributed by atoms with E-state index in [0.717, 1.165) is 11.3 Å². The van der Waals surface area contributed by atoms with Gasteiger partial charge in [-0.25, -0.2) is 0 Å². The van der Waals surface area contributed by atoms with Gasteiger partial charge < -0.3 is 20.8 Å². The Morgan fingerprint density at radius 2 is 1.60 bits per heavy atom. The maximum Gasteiger partial charge on any atom is 0.259 e. The van der Waals surface area contributed by atoms with Crippen molar-refractivity contribution in [3.63, 3.8) is 0 Å². The summed E-state index contributed by atoms with van der Waals surface area (Å²) in [5, 5.41) is 25.3. The van der Waals surface area contributed by atoms with Crippen LogP contribution in [0.5, 0.6) is 11.5 Å². The van der Waals surface area contributed by atoms with Gasteiger partial charge in [0.05, 0.1) is 5.56 Å². The van der Waals surface area contributed by atoms with Crippen LogP contribution in [0.15, 0.2) is 72.8 Å². The molecule has 0 aromatic heterocycles. The quantitative estimate of drug-likeness (QED) is 0.532. The topological polar surface area (TPSA) is 81.6 Å². The minimum absolute atomic E-state index is 0.0211. The summed E-state index contributed by atoms with van der Waals surface area (Å²) in [4.78, 5) is 12.3. The fourth-order valence-electron chi connectivity index (χ4n) is 2.42. The summed E-state index contributed by atoms with van der Waals surface area (Å²) in [7, 11) is 0. The Morgan fingerprint density at radius 3 is 2.40 bits per heavy atom. The lowest BCUT2D eigenvalue weighted by molar-refractivity contribution is 0.102. The van der Waals surface area contributed by atoms with Crippen molar-refractivity contribution in [3.8, 4) is 11.5 Å². The molecule has 0 saturated carbocycles. The number of hydrogen-bond acceptors (Lipinski definition) is 4. The molecule has 0 aliphatic rings. The molecule has 0 atom stereocenters. The van der Waals surface area contributed by atoms with Gasteiger partial charge in [0, 0.05) is 17.9 Å². The van der Waals surface area contributed by atoms with Gasteiger partial charge >= 0.3 is 0 Å². The number of carbonyl (C=O) groups excluding carboxylic acids is 1. The first-order chi connectivity index (χ1) is 12.1. The molecule has 0 aliphatic heterocycles. The van der Waals surface area contributed by atoms with Gasteiger partial charge in [-0.1, -0.05) is 30.3 Å². The Balaban J connectivity index is 1.69. The van der Waals surface area contributed by atoms with E-state index in [4.69, 9.17) is 0 Å². The summed E-state index contributed by atoms with van der Waals surface area (Å²) in [5.74, 6) is -0.748. The first kappa shape index (κ1) is 16.4. The molecular formula is C20H18N2O3. The van der Waals surface area contributed by atoms with Crippen molar-refractivity contribution >= 4 is 17.3 Å². The highest BCUT2D eigenvalue weighted by molar-refractivity contribution is 6.06. The minimum Gasteiger partial charge on any atom is -0.508 e. The number of aromatic hydroxyl groups is 2. The number of para-hydroxylation sites is 1. The lowest BCUT2D eigenvalue weighted by Gasteiger charge is -2.10. The second-order valence-electron chi connectivity index (χ2n) is 5.58. The summed E-state index contributed by atoms with van der Waals surface area (Å²) in [6.07, 6.45) is 0. The largest absolute Gasteiger partial charge is 0.508 e. The summed E-state index contributed by atoms with van der Waals surface area (Å²) in [6.45, 7) is 0.616. The summed E-state index contributed by atoms with van der Waals surface area (Å²) in [5.41, 5.74) is 2.65. The van der Waals surface area contributed by atoms with Crippen LogP contribution in [-0.4, -0.2) is 16.1 Å². The molecule has 1 amide bonds. The Morgan fingerprint density at radius 1 is 0.840 bits per heavy atom. The van der Waals surface area contributed by atoms with Crippen LogP contribution in [0, 0.1) is 0 Å². The number of benzene rings is 3. The molecule has 3 rings (SSSR count). The van der Waals surface area contributed by atoms with E-state index in [-0.39, 0.29) is 17.1 Å². The average molecular weight is 334 g/mol. The van der Waals surface area contributed by atoms with Gasteiger partial charge in [0.25, 0.3) is 5.91 Å². The maximum absolute atomic E-state index is 12.3. The van der Waals surface area contributed by atoms with Crippen molar-refractivity contribution in [1.29, 1.82) is 0 Å². The van der Waals surface area contributed by atoms with E-state index in [1.54, 1.807) is 6.07 Å². The molecular weight excluding hydrogens is 316 g/mol. The normalized spacial score (nSPS) is 10.2. The smallest absolute Gasteiger partial charge is 0.259 e. The number of phenols is 2. The molecule has 0 radical (unpaired) electrons. The molecule has 0 fully saturated rings. The third-order valence-electron chi connectivity index (χ3n) is 3.68. The van der Waals surface area contributed by atoms with E-state index in [0.29, 0.717) is 12.2 Å². The first-order valence-corrected chi connectivity index (χ1v) is 7.83. The van der Waals surface area contributed by atoms with E-state index in [1.807, 2.05) is 48.5 Å². The standard InChI is InChI=1S/C20H18N2O3/c23-17-9-10-19(24)18(12-17)20(25)22-16-8-4-5-14(11-16)13-21-15-6-2-1-3-7-15/h1-12,21,23-24H,13H2,(H,22,25). The van der Waals surface area contributed by atoms with Crippen molar-refractivity contribution in [2.45, 2.75) is 6.54 Å². The molecule has 25 heavy (non-hydrogen) atoms. The Hall–Kier alpha value is -3.47. The molecule has 3 aromatic rings. The van der Waals surface area contributed by atoms with Crippen LogP contribution in [0.2, 0.25) is 0 Å². The van der Waals surface area contributed by atoms with Crippen LogP contribution in [0.25, 0.3) is 0 Å². The zero-order valence-corrected chi connectivity index (χ0v) is 13.4. The zero-order chi connectivity index (χ0) is 17.6. The number of anilines is 2. The van der Waals surface area contributed by atoms with E-state index >= 15 is 0 Å². The third-order valence-corrected chi connectivity index (χ3v) is 3.68. The zero-order valence-electron chi connectivity index (χ0n) is 13.4. The van der Waals surface area contributed by atoms with Crippen LogP contribution in [-0.2, 0) is 6.54 Å². The molecule has 4 N–H and O–H groups in total. The average Bonchev–Trinajstić information content (AvgIpc) is 2.63. The van der Waals surface area contributed by atoms with Gasteiger partial charge in [-0.05, 0) is 48.0 Å². The number of carbonyl (C=O) groups is 1. The summed E-state index contributed by atoms with van der Waals surface area (Å²) < 4.78 is 0. The molecule has 5 nitrogen and oxygen atoms in total. The molecule has 0 bridgehead atoms. The van der Waals surface area contributed by atoms with Crippen LogP contribution in [0.3, 0.4) is 0 Å². The molecule has 3 aromatic carbocycles. The molecule has 0 saturated heterocycles. The second-order valence-corrected chi connectivity index (χ2v) is 5.58. The third kappa shape index (κ3) is 4.29. The lowest BCUT2D eigenvalue weighted by Crippen LogP contribution is -2.12. The number of rotatable bonds is 5. The van der Waals surface area contributed by atoms with E-state index in [9.17, 15) is 15.0 Å². The van der Waals surface area contributed by atoms with Crippen molar-refractivity contribution in [1.82, 2.24) is 0 Å². The number of amides is 1. The number of hydrogen-bond donors (Lipinski definition) is 4. The predicted octanol–water partition coefficient (Wildman–Crippen LogP) is 3.96. The van der Waals surface area contributed by atoms with Gasteiger partial charge in [-0.2, -0.15) is 0 Å². The summed E-state index contributed by atoms with van der Waals surface area (Å²) >= 11 is 0. The number of phenolic OH excluding ortho intramolecular Hbond substituents is 2. The highest BCUT2D eigenvalue weighted by atomic mass is 16.3. The van der Waals surface area contributed by atoms with Crippen LogP contribution >= 0.6 is 0 Å². The van der Waals surface area contributed by atoms with Crippen molar-refractivity contribution in [3.05, 3.63) is 83.9 Å². The van der Waals surface area contributed by atoms with Gasteiger partial charge in [0.15, 0.2) is 0 Å². The van der Waals surface area contributed by atoms with Crippen molar-refractivity contribution in [2.24, 2.45) is 0 Å². The monoisotopic (exact) mass is 334 g/mol. The second kappa shape index (κ2) is 7.40. The van der Waals surface area contributed by atoms with Gasteiger partial charge in [0.1, 0.15) is 11.5 Å². The maximum atomic E-state index is 12.3. The van der Waals surface area contributed by atoms with Gasteiger partial charge in [-0.3, -0.25) is 4.79 Å². The van der Waals surface area contributed by atoms with E-state index in [2.05, 4.69) is 10.6 Å². The van der Waals surface area contributed by atoms with Crippen molar-refractivity contribution in [2.75, 3.05) is 10.6 Å². The highest BCUT2D eigenvalue weighted by Crippen LogP contribution is 2.23. The molecule has 5 heteroatoms. The lowest BCUT2D eigenvalue weighted by atomic mass is 10.1. The molecule has 0 unspecified atom stereocenters. The minimum atomic E-state index is -0.485. The van der Waals surface area contributed by atoms with Gasteiger partial charge in [0.2, 0.25) is 0 Å². The fourth-order valence-corrected chi connectivity index (χ4v) is 2.42. The highest BCUT2D eigenvalue weighted by Gasteiger charge is 2.12. The van der Waals surface area contributed by atoms with Crippen LogP contribution in [0.1, 0.15) is 15.9 Å². The molecule has 0 heterocycles. The van der Waals surface area contributed by atoms with Crippen molar-refractivity contribution < 1.29 is 15.0 Å². The molecule has 126 valence electrons. The van der Waals surface area contributed by atoms with E-state index in [1.165, 1.54) is 18.2 Å². The predicted molar refractivity (Wildman–Crippen MR) is 97.9 cm³/mol. The molecule has 0 spiro atoms. The SMILES string of the molecule is O=C(Nc1cccc(CNc2ccccc2)c1)c1cc(O)ccc1O. The van der Waals surface area contributed by atoms with E-state index < -0.39 is 5.91 Å². The Bertz CT molecular complexity index is 879. The number of nitrogens with one attached hydrogen (secondary N) is 2. The van der Waals surface area contributed by atoms with Gasteiger partial charge in [-0.15, -0.1) is 0 Å². The summed E-state index contributed by atoms with van der Waals surface area (Å²) in [6, 6.07) is 21.1. The fraction of sp³-hybridized carbons (Fsp3) is 0.0500. The van der Waals surface area contributed by atoms with Crippen LogP contribution in [0.4, 0.5) is 11.4 Å². The first-order valence-electron chi connectivity index (χ1n) is 7.83. The Labute approximate surface area is 145 Å². The Kier molecular flexibility index (Phi) is 4.85. The molecule has 0 aliphatic carbocycles.